The lowest BCUT2D eigenvalue weighted by atomic mass is 10.1. The minimum absolute atomic E-state index is 0.188. The number of nitrogens with one attached hydrogen (secondary N) is 1. The molecule has 1 aromatic heterocycles. The second-order valence-corrected chi connectivity index (χ2v) is 3.99. The number of carbonyl (C=O) groups excluding carboxylic acids is 2. The maximum atomic E-state index is 11.8. The minimum Gasteiger partial charge on any atom is -0.366 e. The fourth-order valence-corrected chi connectivity index (χ4v) is 1.57. The molecule has 0 aliphatic heterocycles. The first-order chi connectivity index (χ1) is 9.16. The summed E-state index contributed by atoms with van der Waals surface area (Å²) in [7, 11) is 0. The second-order valence-electron chi connectivity index (χ2n) is 3.99. The van der Waals surface area contributed by atoms with Crippen molar-refractivity contribution in [3.63, 3.8) is 0 Å². The van der Waals surface area contributed by atoms with Crippen LogP contribution in [0.1, 0.15) is 26.3 Å². The highest BCUT2D eigenvalue weighted by Gasteiger charge is 2.05. The smallest absolute Gasteiger partial charge is 0.253 e. The Morgan fingerprint density at radius 1 is 1.11 bits per heavy atom. The Kier molecular flexibility index (Phi) is 3.87. The van der Waals surface area contributed by atoms with E-state index >= 15 is 0 Å². The maximum absolute atomic E-state index is 11.8. The third-order valence-corrected chi connectivity index (χ3v) is 2.62. The standard InChI is InChI=1S/C14H13N3O2/c15-13(18)11-5-3-10(4-6-11)8-17-14(19)12-2-1-7-16-9-12/h1-7,9H,8H2,(H2,15,18)(H,17,19). The van der Waals surface area contributed by atoms with Gasteiger partial charge in [0.1, 0.15) is 0 Å². The van der Waals surface area contributed by atoms with E-state index in [-0.39, 0.29) is 5.91 Å². The second kappa shape index (κ2) is 5.77. The predicted octanol–water partition coefficient (Wildman–Crippen LogP) is 1.11. The first kappa shape index (κ1) is 12.8. The van der Waals surface area contributed by atoms with E-state index in [2.05, 4.69) is 10.3 Å². The van der Waals surface area contributed by atoms with Crippen molar-refractivity contribution in [3.8, 4) is 0 Å². The number of carbonyl (C=O) groups is 2. The molecule has 0 unspecified atom stereocenters. The van der Waals surface area contributed by atoms with Crippen molar-refractivity contribution in [2.24, 2.45) is 5.73 Å². The third-order valence-electron chi connectivity index (χ3n) is 2.62. The van der Waals surface area contributed by atoms with Crippen molar-refractivity contribution in [3.05, 3.63) is 65.5 Å². The lowest BCUT2D eigenvalue weighted by molar-refractivity contribution is 0.0949. The molecule has 2 aromatic rings. The summed E-state index contributed by atoms with van der Waals surface area (Å²) in [4.78, 5) is 26.6. The van der Waals surface area contributed by atoms with E-state index in [1.165, 1.54) is 6.20 Å². The largest absolute Gasteiger partial charge is 0.366 e. The molecule has 0 atom stereocenters. The summed E-state index contributed by atoms with van der Waals surface area (Å²) in [6, 6.07) is 10.2. The molecule has 2 rings (SSSR count). The summed E-state index contributed by atoms with van der Waals surface area (Å²) in [6.45, 7) is 0.382. The van der Waals surface area contributed by atoms with Crippen LogP contribution in [-0.2, 0) is 6.54 Å². The number of nitrogens with zero attached hydrogens (tertiary/aromatic N) is 1. The summed E-state index contributed by atoms with van der Waals surface area (Å²) in [6.07, 6.45) is 3.12. The number of nitrogens with two attached hydrogens (primary N) is 1. The van der Waals surface area contributed by atoms with Crippen LogP contribution >= 0.6 is 0 Å². The SMILES string of the molecule is NC(=O)c1ccc(CNC(=O)c2cccnc2)cc1. The molecule has 0 bridgehead atoms. The van der Waals surface area contributed by atoms with Gasteiger partial charge in [-0.1, -0.05) is 12.1 Å². The van der Waals surface area contributed by atoms with Crippen LogP contribution < -0.4 is 11.1 Å². The molecular formula is C14H13N3O2. The van der Waals surface area contributed by atoms with E-state index in [1.54, 1.807) is 42.6 Å². The molecule has 0 saturated carbocycles. The highest BCUT2D eigenvalue weighted by atomic mass is 16.2. The number of hydrogen-bond acceptors (Lipinski definition) is 3. The summed E-state index contributed by atoms with van der Waals surface area (Å²) in [5.41, 5.74) is 6.99. The molecule has 5 heteroatoms. The number of amides is 2. The number of primary amides is 1. The minimum atomic E-state index is -0.467. The van der Waals surface area contributed by atoms with Gasteiger partial charge in [-0.3, -0.25) is 14.6 Å². The van der Waals surface area contributed by atoms with Crippen LogP contribution in [0.5, 0.6) is 0 Å². The Balaban J connectivity index is 1.95. The van der Waals surface area contributed by atoms with Gasteiger partial charge >= 0.3 is 0 Å². The number of benzene rings is 1. The van der Waals surface area contributed by atoms with Crippen LogP contribution in [0.4, 0.5) is 0 Å². The molecule has 3 N–H and O–H groups in total. The van der Waals surface area contributed by atoms with Crippen LogP contribution in [0.25, 0.3) is 0 Å². The average molecular weight is 255 g/mol. The molecule has 0 radical (unpaired) electrons. The summed E-state index contributed by atoms with van der Waals surface area (Å²) in [5.74, 6) is -0.655. The molecule has 0 saturated heterocycles. The molecule has 0 fully saturated rings. The quantitative estimate of drug-likeness (QED) is 0.858. The fourth-order valence-electron chi connectivity index (χ4n) is 1.57. The third kappa shape index (κ3) is 3.38. The first-order valence-corrected chi connectivity index (χ1v) is 5.74. The fraction of sp³-hybridized carbons (Fsp3) is 0.0714. The van der Waals surface area contributed by atoms with Crippen molar-refractivity contribution in [1.29, 1.82) is 0 Å². The van der Waals surface area contributed by atoms with Crippen LogP contribution in [0, 0.1) is 0 Å². The molecule has 0 spiro atoms. The lowest BCUT2D eigenvalue weighted by Gasteiger charge is -2.05. The van der Waals surface area contributed by atoms with Gasteiger partial charge in [0.2, 0.25) is 5.91 Å². The van der Waals surface area contributed by atoms with Gasteiger partial charge in [0, 0.05) is 24.5 Å². The number of rotatable bonds is 4. The van der Waals surface area contributed by atoms with E-state index in [0.29, 0.717) is 17.7 Å². The van der Waals surface area contributed by atoms with Crippen molar-refractivity contribution in [2.45, 2.75) is 6.54 Å². The molecule has 2 amide bonds. The van der Waals surface area contributed by atoms with Crippen molar-refractivity contribution in [2.75, 3.05) is 0 Å². The van der Waals surface area contributed by atoms with Gasteiger partial charge in [-0.2, -0.15) is 0 Å². The summed E-state index contributed by atoms with van der Waals surface area (Å²) >= 11 is 0. The van der Waals surface area contributed by atoms with Crippen LogP contribution in [0.2, 0.25) is 0 Å². The van der Waals surface area contributed by atoms with E-state index in [9.17, 15) is 9.59 Å². The first-order valence-electron chi connectivity index (χ1n) is 5.74. The van der Waals surface area contributed by atoms with Gasteiger partial charge in [-0.05, 0) is 29.8 Å². The maximum Gasteiger partial charge on any atom is 0.253 e. The Labute approximate surface area is 110 Å². The Morgan fingerprint density at radius 3 is 2.42 bits per heavy atom. The number of hydrogen-bond donors (Lipinski definition) is 2. The molecule has 1 aromatic carbocycles. The van der Waals surface area contributed by atoms with Gasteiger partial charge in [-0.15, -0.1) is 0 Å². The van der Waals surface area contributed by atoms with Crippen LogP contribution in [0.15, 0.2) is 48.8 Å². The van der Waals surface area contributed by atoms with E-state index in [1.807, 2.05) is 0 Å². The van der Waals surface area contributed by atoms with Crippen LogP contribution in [-0.4, -0.2) is 16.8 Å². The van der Waals surface area contributed by atoms with Gasteiger partial charge < -0.3 is 11.1 Å². The summed E-state index contributed by atoms with van der Waals surface area (Å²) in [5, 5.41) is 2.77. The molecular weight excluding hydrogens is 242 g/mol. The Morgan fingerprint density at radius 2 is 1.84 bits per heavy atom. The predicted molar refractivity (Wildman–Crippen MR) is 70.4 cm³/mol. The van der Waals surface area contributed by atoms with Gasteiger partial charge in [0.25, 0.3) is 5.91 Å². The summed E-state index contributed by atoms with van der Waals surface area (Å²) < 4.78 is 0. The highest BCUT2D eigenvalue weighted by Crippen LogP contribution is 2.04. The molecule has 96 valence electrons. The van der Waals surface area contributed by atoms with Crippen molar-refractivity contribution >= 4 is 11.8 Å². The molecule has 0 aliphatic carbocycles. The zero-order valence-electron chi connectivity index (χ0n) is 10.2. The van der Waals surface area contributed by atoms with Gasteiger partial charge in [0.05, 0.1) is 5.56 Å². The monoisotopic (exact) mass is 255 g/mol. The zero-order chi connectivity index (χ0) is 13.7. The Hall–Kier alpha value is -2.69. The molecule has 5 nitrogen and oxygen atoms in total. The zero-order valence-corrected chi connectivity index (χ0v) is 10.2. The van der Waals surface area contributed by atoms with E-state index in [0.717, 1.165) is 5.56 Å². The number of pyridine rings is 1. The topological polar surface area (TPSA) is 85.1 Å². The van der Waals surface area contributed by atoms with Crippen LogP contribution in [0.3, 0.4) is 0 Å². The van der Waals surface area contributed by atoms with Gasteiger partial charge in [-0.25, -0.2) is 0 Å². The number of aromatic nitrogens is 1. The molecule has 19 heavy (non-hydrogen) atoms. The highest BCUT2D eigenvalue weighted by molar-refractivity contribution is 5.94. The normalized spacial score (nSPS) is 9.89. The van der Waals surface area contributed by atoms with E-state index in [4.69, 9.17) is 5.73 Å². The Bertz CT molecular complexity index is 579. The van der Waals surface area contributed by atoms with Gasteiger partial charge in [0.15, 0.2) is 0 Å². The molecule has 0 aliphatic rings. The lowest BCUT2D eigenvalue weighted by Crippen LogP contribution is -2.22. The average Bonchev–Trinajstić information content (AvgIpc) is 2.46. The van der Waals surface area contributed by atoms with Crippen molar-refractivity contribution in [1.82, 2.24) is 10.3 Å². The molecule has 1 heterocycles. The van der Waals surface area contributed by atoms with E-state index < -0.39 is 5.91 Å². The van der Waals surface area contributed by atoms with Crippen molar-refractivity contribution < 1.29 is 9.59 Å².